The maximum Gasteiger partial charge on any atom is 0.297 e. The number of carbonyl (C=O) groups is 1. The molecule has 272 valence electrons. The molecule has 0 aliphatic carbocycles. The van der Waals surface area contributed by atoms with E-state index in [1.165, 1.54) is 0 Å². The number of rotatable bonds is 13. The molecule has 2 unspecified atom stereocenters. The van der Waals surface area contributed by atoms with Crippen LogP contribution in [0.25, 0.3) is 0 Å². The predicted molar refractivity (Wildman–Crippen MR) is 220 cm³/mol. The quantitative estimate of drug-likeness (QED) is 0.193. The number of ether oxygens (including phenoxy) is 2. The topological polar surface area (TPSA) is 47.6 Å². The Labute approximate surface area is 329 Å². The highest BCUT2D eigenvalue weighted by Gasteiger charge is 2.42. The third kappa shape index (κ3) is 21.2. The molecule has 0 bridgehead atoms. The first-order valence-electron chi connectivity index (χ1n) is 17.2. The van der Waals surface area contributed by atoms with Crippen LogP contribution >= 0.6 is 0 Å². The van der Waals surface area contributed by atoms with Crippen LogP contribution in [0, 0.1) is 165 Å². The molecule has 0 aromatic carbocycles. The molecular weight excluding hydrogens is 682 g/mol. The lowest BCUT2D eigenvalue weighted by Gasteiger charge is -2.44. The minimum atomic E-state index is -1.39. The van der Waals surface area contributed by atoms with Crippen molar-refractivity contribution < 1.29 is 18.7 Å². The van der Waals surface area contributed by atoms with E-state index in [-0.39, 0.29) is 42.3 Å². The normalized spacial score (nSPS) is 17.7. The van der Waals surface area contributed by atoms with Crippen molar-refractivity contribution in [1.29, 1.82) is 0 Å². The zero-order valence-electron chi connectivity index (χ0n) is 31.8. The van der Waals surface area contributed by atoms with Crippen LogP contribution in [0.4, 0.5) is 4.39 Å². The standard InChI is InChI=1S/C50H42FNO3/c1-9-14-15-16-17-18-19-20-21-22-23-24-25-26-27-28-29-30-31-32-33-34-35-39-48(53)52-46(45(51)38-36-40-50(6,7)8)41-54-49-44(13-5)42(11-3)43(12-4)47(55-49)37-10-2/h10-13,42-47,49H,2-5,36-38,40-41H2,1,6-8H3,(H,52,53)/t42-,43+,44?,45+,46-,47?,49-/m0/s1. The Hall–Kier alpha value is -7.00. The Balaban J connectivity index is 2.87. The van der Waals surface area contributed by atoms with Gasteiger partial charge in [-0.3, -0.25) is 4.79 Å². The number of allylic oxidation sites excluding steroid dienone is 1. The molecule has 0 saturated carbocycles. The molecule has 7 atom stereocenters. The number of halogens is 1. The minimum Gasteiger partial charge on any atom is -0.350 e. The van der Waals surface area contributed by atoms with Gasteiger partial charge in [-0.25, -0.2) is 4.39 Å². The summed E-state index contributed by atoms with van der Waals surface area (Å²) < 4.78 is 28.1. The number of hydrogen-bond acceptors (Lipinski definition) is 3. The highest BCUT2D eigenvalue weighted by Crippen LogP contribution is 2.39. The Morgan fingerprint density at radius 2 is 1.15 bits per heavy atom. The van der Waals surface area contributed by atoms with Crippen LogP contribution in [-0.2, 0) is 14.3 Å². The molecule has 0 spiro atoms. The first-order chi connectivity index (χ1) is 26.6. The van der Waals surface area contributed by atoms with E-state index in [4.69, 9.17) is 9.47 Å². The fourth-order valence-electron chi connectivity index (χ4n) is 4.90. The van der Waals surface area contributed by atoms with E-state index in [0.29, 0.717) is 12.8 Å². The SMILES string of the molecule is C=CCC1O[C@H](OC[C@H](NC(=O)C#CC#CC#CC#CC#CC#CC#CC#CC#CC#CC#CC#CC)[C@H](F)CCCC(C)(C)C)C(C=C)[C@@H](C=C)[C@H]1C=C. The maximum atomic E-state index is 15.6. The van der Waals surface area contributed by atoms with E-state index in [0.717, 1.165) is 6.42 Å². The summed E-state index contributed by atoms with van der Waals surface area (Å²) in [6, 6.07) is -0.981. The van der Waals surface area contributed by atoms with Crippen LogP contribution < -0.4 is 5.32 Å². The number of alkyl halides is 1. The van der Waals surface area contributed by atoms with Crippen molar-refractivity contribution in [2.75, 3.05) is 6.61 Å². The van der Waals surface area contributed by atoms with E-state index in [1.807, 2.05) is 12.2 Å². The molecule has 0 aromatic rings. The maximum absolute atomic E-state index is 15.6. The summed E-state index contributed by atoms with van der Waals surface area (Å²) in [5.41, 5.74) is 0.0474. The van der Waals surface area contributed by atoms with Gasteiger partial charge in [-0.05, 0) is 139 Å². The van der Waals surface area contributed by atoms with E-state index >= 15 is 4.39 Å². The lowest BCUT2D eigenvalue weighted by molar-refractivity contribution is -0.236. The van der Waals surface area contributed by atoms with Crippen molar-refractivity contribution >= 4 is 5.91 Å². The van der Waals surface area contributed by atoms with Crippen LogP contribution in [0.1, 0.15) is 53.4 Å². The first kappa shape index (κ1) is 46.0. The van der Waals surface area contributed by atoms with E-state index in [2.05, 4.69) is 194 Å². The summed E-state index contributed by atoms with van der Waals surface area (Å²) in [4.78, 5) is 12.7. The Morgan fingerprint density at radius 3 is 1.55 bits per heavy atom. The lowest BCUT2D eigenvalue weighted by Crippen LogP contribution is -2.50. The van der Waals surface area contributed by atoms with Crippen LogP contribution in [0.5, 0.6) is 0 Å². The van der Waals surface area contributed by atoms with E-state index in [1.54, 1.807) is 19.1 Å². The number of amides is 1. The molecular formula is C50H42FNO3. The zero-order valence-corrected chi connectivity index (χ0v) is 31.8. The molecule has 1 amide bonds. The van der Waals surface area contributed by atoms with Crippen molar-refractivity contribution in [2.24, 2.45) is 23.2 Å². The van der Waals surface area contributed by atoms with Gasteiger partial charge in [-0.2, -0.15) is 0 Å². The molecule has 1 N–H and O–H groups in total. The van der Waals surface area contributed by atoms with Crippen LogP contribution in [0.15, 0.2) is 50.6 Å². The summed E-state index contributed by atoms with van der Waals surface area (Å²) in [6.07, 6.45) is 7.08. The van der Waals surface area contributed by atoms with Crippen molar-refractivity contribution in [3.05, 3.63) is 50.6 Å². The smallest absolute Gasteiger partial charge is 0.297 e. The minimum absolute atomic E-state index is 0.0301. The van der Waals surface area contributed by atoms with Gasteiger partial charge < -0.3 is 14.8 Å². The monoisotopic (exact) mass is 723 g/mol. The summed E-state index contributed by atoms with van der Waals surface area (Å²) in [6.45, 7) is 23.6. The van der Waals surface area contributed by atoms with Gasteiger partial charge in [0, 0.05) is 53.3 Å². The van der Waals surface area contributed by atoms with Crippen LogP contribution in [0.3, 0.4) is 0 Å². The average Bonchev–Trinajstić information content (AvgIpc) is 3.15. The number of nitrogens with one attached hydrogen (secondary N) is 1. The largest absolute Gasteiger partial charge is 0.350 e. The second-order valence-corrected chi connectivity index (χ2v) is 12.5. The van der Waals surface area contributed by atoms with Gasteiger partial charge >= 0.3 is 0 Å². The van der Waals surface area contributed by atoms with Crippen molar-refractivity contribution in [2.45, 2.75) is 78.0 Å². The third-order valence-electron chi connectivity index (χ3n) is 7.37. The molecule has 1 rings (SSSR count). The number of carbonyl (C=O) groups excluding carboxylic acids is 1. The highest BCUT2D eigenvalue weighted by atomic mass is 19.1. The summed E-state index contributed by atoms with van der Waals surface area (Å²) in [5, 5.41) is 2.65. The van der Waals surface area contributed by atoms with Gasteiger partial charge in [0.05, 0.1) is 18.8 Å². The Morgan fingerprint density at radius 1 is 0.709 bits per heavy atom. The zero-order chi connectivity index (χ0) is 40.6. The fraction of sp³-hybridized carbons (Fsp3) is 0.340. The molecule has 1 saturated heterocycles. The summed E-state index contributed by atoms with van der Waals surface area (Å²) >= 11 is 0. The molecule has 4 nitrogen and oxygen atoms in total. The van der Waals surface area contributed by atoms with Gasteiger partial charge in [0.25, 0.3) is 5.91 Å². The van der Waals surface area contributed by atoms with Crippen molar-refractivity contribution in [3.63, 3.8) is 0 Å². The van der Waals surface area contributed by atoms with E-state index < -0.39 is 24.4 Å². The van der Waals surface area contributed by atoms with Gasteiger partial charge in [0.15, 0.2) is 6.29 Å². The Bertz CT molecular complexity index is 2200. The highest BCUT2D eigenvalue weighted by molar-refractivity contribution is 5.94. The molecule has 1 aliphatic heterocycles. The lowest BCUT2D eigenvalue weighted by atomic mass is 9.75. The van der Waals surface area contributed by atoms with Gasteiger partial charge in [0.2, 0.25) is 0 Å². The molecule has 55 heavy (non-hydrogen) atoms. The first-order valence-corrected chi connectivity index (χ1v) is 17.2. The van der Waals surface area contributed by atoms with Gasteiger partial charge in [-0.1, -0.05) is 51.0 Å². The molecule has 1 heterocycles. The summed E-state index contributed by atoms with van der Waals surface area (Å²) in [5.74, 6) is 59.0. The molecule has 0 radical (unpaired) electrons. The third-order valence-corrected chi connectivity index (χ3v) is 7.37. The molecule has 5 heteroatoms. The van der Waals surface area contributed by atoms with Crippen molar-refractivity contribution in [1.82, 2.24) is 5.32 Å². The van der Waals surface area contributed by atoms with Gasteiger partial charge in [0.1, 0.15) is 6.17 Å². The van der Waals surface area contributed by atoms with Gasteiger partial charge in [-0.15, -0.1) is 26.3 Å². The average molecular weight is 724 g/mol. The second-order valence-electron chi connectivity index (χ2n) is 12.5. The van der Waals surface area contributed by atoms with Crippen LogP contribution in [-0.4, -0.2) is 37.1 Å². The van der Waals surface area contributed by atoms with Crippen LogP contribution in [0.2, 0.25) is 0 Å². The predicted octanol–water partition coefficient (Wildman–Crippen LogP) is 5.81. The summed E-state index contributed by atoms with van der Waals surface area (Å²) in [7, 11) is 0. The van der Waals surface area contributed by atoms with Crippen molar-refractivity contribution in [3.8, 4) is 142 Å². The fourth-order valence-corrected chi connectivity index (χ4v) is 4.90. The molecule has 0 aromatic heterocycles. The molecule has 1 aliphatic rings. The molecule has 1 fully saturated rings. The Kier molecular flexibility index (Phi) is 23.9. The van der Waals surface area contributed by atoms with E-state index in [9.17, 15) is 4.79 Å². The number of hydrogen-bond donors (Lipinski definition) is 1. The second kappa shape index (κ2) is 28.6.